The molecule has 1 heterocycles. The lowest BCUT2D eigenvalue weighted by Gasteiger charge is -2.31. The highest BCUT2D eigenvalue weighted by Gasteiger charge is 2.26. The first-order valence-corrected chi connectivity index (χ1v) is 11.5. The number of nitrogens with zero attached hydrogens (tertiary/aromatic N) is 1. The summed E-state index contributed by atoms with van der Waals surface area (Å²) in [5.74, 6) is 0.154. The quantitative estimate of drug-likeness (QED) is 0.431. The molecule has 180 valence electrons. The standard InChI is InChI=1S/C27H32N2O5/c1-3-26(31)29-15-13-21(14-16-29)18-25(30)28-24(27(32)33-2)17-20-9-11-23(12-10-20)34-19-22-7-5-4-6-8-22/h3-12,21,24H,1,13-19H2,2H3,(H,28,30)/t24-/m0/s1. The summed E-state index contributed by atoms with van der Waals surface area (Å²) in [7, 11) is 1.31. The van der Waals surface area contributed by atoms with Crippen molar-refractivity contribution in [2.24, 2.45) is 5.92 Å². The fourth-order valence-corrected chi connectivity index (χ4v) is 4.04. The van der Waals surface area contributed by atoms with Gasteiger partial charge in [0.05, 0.1) is 7.11 Å². The number of ether oxygens (including phenoxy) is 2. The van der Waals surface area contributed by atoms with Crippen LogP contribution in [0.2, 0.25) is 0 Å². The number of nitrogens with one attached hydrogen (secondary N) is 1. The van der Waals surface area contributed by atoms with E-state index in [1.807, 2.05) is 54.6 Å². The Balaban J connectivity index is 1.50. The van der Waals surface area contributed by atoms with Crippen molar-refractivity contribution in [2.45, 2.75) is 38.3 Å². The van der Waals surface area contributed by atoms with E-state index < -0.39 is 12.0 Å². The summed E-state index contributed by atoms with van der Waals surface area (Å²) in [6.45, 7) is 5.22. The van der Waals surface area contributed by atoms with Crippen molar-refractivity contribution in [1.29, 1.82) is 0 Å². The van der Waals surface area contributed by atoms with Crippen LogP contribution in [0, 0.1) is 5.92 Å². The Morgan fingerprint density at radius 2 is 1.74 bits per heavy atom. The first-order chi connectivity index (χ1) is 16.5. The second-order valence-electron chi connectivity index (χ2n) is 8.44. The van der Waals surface area contributed by atoms with Gasteiger partial charge >= 0.3 is 5.97 Å². The predicted molar refractivity (Wildman–Crippen MR) is 129 cm³/mol. The average Bonchev–Trinajstić information content (AvgIpc) is 2.88. The molecule has 1 atom stereocenters. The summed E-state index contributed by atoms with van der Waals surface area (Å²) in [5, 5.41) is 2.83. The Morgan fingerprint density at radius 3 is 2.35 bits per heavy atom. The second kappa shape index (κ2) is 12.6. The highest BCUT2D eigenvalue weighted by Crippen LogP contribution is 2.21. The zero-order valence-corrected chi connectivity index (χ0v) is 19.6. The lowest BCUT2D eigenvalue weighted by molar-refractivity contribution is -0.145. The topological polar surface area (TPSA) is 84.9 Å². The van der Waals surface area contributed by atoms with Crippen molar-refractivity contribution >= 4 is 17.8 Å². The highest BCUT2D eigenvalue weighted by atomic mass is 16.5. The summed E-state index contributed by atoms with van der Waals surface area (Å²) in [6, 6.07) is 16.6. The van der Waals surface area contributed by atoms with E-state index in [1.54, 1.807) is 4.90 Å². The zero-order valence-electron chi connectivity index (χ0n) is 19.6. The van der Waals surface area contributed by atoms with Gasteiger partial charge in [0.25, 0.3) is 0 Å². The molecule has 34 heavy (non-hydrogen) atoms. The number of carbonyl (C=O) groups is 3. The minimum atomic E-state index is -0.768. The summed E-state index contributed by atoms with van der Waals surface area (Å²) >= 11 is 0. The first-order valence-electron chi connectivity index (χ1n) is 11.5. The van der Waals surface area contributed by atoms with Gasteiger partial charge < -0.3 is 19.7 Å². The molecule has 3 rings (SSSR count). The van der Waals surface area contributed by atoms with Crippen LogP contribution in [0.4, 0.5) is 0 Å². The molecule has 1 saturated heterocycles. The molecule has 2 aromatic carbocycles. The third-order valence-corrected chi connectivity index (χ3v) is 6.01. The molecule has 1 fully saturated rings. The molecule has 0 radical (unpaired) electrons. The Labute approximate surface area is 200 Å². The van der Waals surface area contributed by atoms with Crippen molar-refractivity contribution in [3.8, 4) is 5.75 Å². The van der Waals surface area contributed by atoms with Crippen molar-refractivity contribution in [3.05, 3.63) is 78.4 Å². The van der Waals surface area contributed by atoms with E-state index in [-0.39, 0.29) is 17.7 Å². The Hall–Kier alpha value is -3.61. The van der Waals surface area contributed by atoms with Gasteiger partial charge in [0.1, 0.15) is 18.4 Å². The second-order valence-corrected chi connectivity index (χ2v) is 8.44. The number of methoxy groups -OCH3 is 1. The molecule has 1 aliphatic rings. The largest absolute Gasteiger partial charge is 0.489 e. The van der Waals surface area contributed by atoms with Crippen molar-refractivity contribution in [3.63, 3.8) is 0 Å². The number of rotatable bonds is 10. The predicted octanol–water partition coefficient (Wildman–Crippen LogP) is 3.28. The number of amides is 2. The van der Waals surface area contributed by atoms with Crippen LogP contribution in [0.1, 0.15) is 30.4 Å². The van der Waals surface area contributed by atoms with Crippen molar-refractivity contribution in [2.75, 3.05) is 20.2 Å². The maximum atomic E-state index is 12.6. The van der Waals surface area contributed by atoms with E-state index in [0.717, 1.165) is 29.7 Å². The number of likely N-dealkylation sites (tertiary alicyclic amines) is 1. The molecule has 2 amide bonds. The van der Waals surface area contributed by atoms with Crippen molar-refractivity contribution < 1.29 is 23.9 Å². The van der Waals surface area contributed by atoms with E-state index in [4.69, 9.17) is 9.47 Å². The fraction of sp³-hybridized carbons (Fsp3) is 0.370. The number of carbonyl (C=O) groups excluding carboxylic acids is 3. The zero-order chi connectivity index (χ0) is 24.3. The SMILES string of the molecule is C=CC(=O)N1CCC(CC(=O)N[C@@H](Cc2ccc(OCc3ccccc3)cc2)C(=O)OC)CC1. The number of esters is 1. The molecule has 1 aliphatic heterocycles. The van der Waals surface area contributed by atoms with Gasteiger partial charge in [-0.2, -0.15) is 0 Å². The van der Waals surface area contributed by atoms with Gasteiger partial charge in [0.2, 0.25) is 11.8 Å². The first kappa shape index (κ1) is 25.0. The molecule has 0 spiro atoms. The maximum absolute atomic E-state index is 12.6. The van der Waals surface area contributed by atoms with Crippen LogP contribution in [-0.2, 0) is 32.1 Å². The minimum Gasteiger partial charge on any atom is -0.489 e. The lowest BCUT2D eigenvalue weighted by atomic mass is 9.93. The molecular weight excluding hydrogens is 432 g/mol. The van der Waals surface area contributed by atoms with E-state index in [2.05, 4.69) is 11.9 Å². The molecule has 0 aromatic heterocycles. The van der Waals surface area contributed by atoms with E-state index >= 15 is 0 Å². The van der Waals surface area contributed by atoms with Crippen LogP contribution in [-0.4, -0.2) is 48.9 Å². The number of hydrogen-bond donors (Lipinski definition) is 1. The van der Waals surface area contributed by atoms with Crippen molar-refractivity contribution in [1.82, 2.24) is 10.2 Å². The van der Waals surface area contributed by atoms with E-state index in [1.165, 1.54) is 13.2 Å². The molecule has 7 heteroatoms. The Morgan fingerprint density at radius 1 is 1.06 bits per heavy atom. The average molecular weight is 465 g/mol. The summed E-state index contributed by atoms with van der Waals surface area (Å²) in [5.41, 5.74) is 1.97. The van der Waals surface area contributed by atoms with Gasteiger partial charge in [-0.15, -0.1) is 0 Å². The van der Waals surface area contributed by atoms with Gasteiger partial charge in [-0.05, 0) is 48.1 Å². The highest BCUT2D eigenvalue weighted by molar-refractivity contribution is 5.87. The van der Waals surface area contributed by atoms with Crippen LogP contribution in [0.25, 0.3) is 0 Å². The summed E-state index contributed by atoms with van der Waals surface area (Å²) < 4.78 is 10.7. The molecule has 0 unspecified atom stereocenters. The normalized spacial score (nSPS) is 14.7. The lowest BCUT2D eigenvalue weighted by Crippen LogP contribution is -2.44. The third kappa shape index (κ3) is 7.47. The Bertz CT molecular complexity index is 966. The number of benzene rings is 2. The van der Waals surface area contributed by atoms with Crippen LogP contribution >= 0.6 is 0 Å². The van der Waals surface area contributed by atoms with Crippen LogP contribution in [0.3, 0.4) is 0 Å². The minimum absolute atomic E-state index is 0.0786. The van der Waals surface area contributed by atoms with E-state index in [0.29, 0.717) is 32.5 Å². The van der Waals surface area contributed by atoms with Gasteiger partial charge in [0.15, 0.2) is 0 Å². The molecule has 2 aromatic rings. The number of hydrogen-bond acceptors (Lipinski definition) is 5. The molecule has 0 bridgehead atoms. The van der Waals surface area contributed by atoms with Gasteiger partial charge in [-0.25, -0.2) is 4.79 Å². The molecule has 0 saturated carbocycles. The van der Waals surface area contributed by atoms with Gasteiger partial charge in [-0.3, -0.25) is 9.59 Å². The smallest absolute Gasteiger partial charge is 0.328 e. The van der Waals surface area contributed by atoms with Gasteiger partial charge in [-0.1, -0.05) is 49.0 Å². The summed E-state index contributed by atoms with van der Waals surface area (Å²) in [6.07, 6.45) is 3.45. The maximum Gasteiger partial charge on any atom is 0.328 e. The Kier molecular flexibility index (Phi) is 9.26. The van der Waals surface area contributed by atoms with Crippen LogP contribution in [0.15, 0.2) is 67.3 Å². The monoisotopic (exact) mass is 464 g/mol. The number of piperidine rings is 1. The fourth-order valence-electron chi connectivity index (χ4n) is 4.04. The van der Waals surface area contributed by atoms with E-state index in [9.17, 15) is 14.4 Å². The molecule has 0 aliphatic carbocycles. The van der Waals surface area contributed by atoms with Crippen LogP contribution in [0.5, 0.6) is 5.75 Å². The third-order valence-electron chi connectivity index (χ3n) is 6.01. The summed E-state index contributed by atoms with van der Waals surface area (Å²) in [4.78, 5) is 38.4. The molecule has 1 N–H and O–H groups in total. The van der Waals surface area contributed by atoms with Crippen LogP contribution < -0.4 is 10.1 Å². The molecule has 7 nitrogen and oxygen atoms in total. The van der Waals surface area contributed by atoms with Gasteiger partial charge in [0, 0.05) is 25.9 Å². The molecular formula is C27H32N2O5.